The van der Waals surface area contributed by atoms with Gasteiger partial charge in [-0.3, -0.25) is 4.90 Å². The molecule has 2 rings (SSSR count). The third-order valence-electron chi connectivity index (χ3n) is 4.11. The van der Waals surface area contributed by atoms with E-state index < -0.39 is 0 Å². The normalized spacial score (nSPS) is 20.7. The number of hydrogen-bond donors (Lipinski definition) is 1. The van der Waals surface area contributed by atoms with Gasteiger partial charge in [-0.05, 0) is 50.4 Å². The van der Waals surface area contributed by atoms with Crippen LogP contribution >= 0.6 is 11.3 Å². The monoisotopic (exact) mass is 294 g/mol. The van der Waals surface area contributed by atoms with Crippen molar-refractivity contribution >= 4 is 11.3 Å². The van der Waals surface area contributed by atoms with Crippen LogP contribution in [0.15, 0.2) is 12.1 Å². The molecule has 0 spiro atoms. The van der Waals surface area contributed by atoms with Gasteiger partial charge in [-0.2, -0.15) is 0 Å². The van der Waals surface area contributed by atoms with Gasteiger partial charge in [0.1, 0.15) is 0 Å². The highest BCUT2D eigenvalue weighted by molar-refractivity contribution is 7.11. The summed E-state index contributed by atoms with van der Waals surface area (Å²) < 4.78 is 0. The third kappa shape index (κ3) is 4.87. The molecular weight excluding hydrogens is 264 g/mol. The highest BCUT2D eigenvalue weighted by atomic mass is 32.1. The lowest BCUT2D eigenvalue weighted by Gasteiger charge is -2.35. The molecule has 1 aromatic heterocycles. The Morgan fingerprint density at radius 3 is 2.80 bits per heavy atom. The van der Waals surface area contributed by atoms with Crippen molar-refractivity contribution in [2.24, 2.45) is 5.92 Å². The first-order chi connectivity index (χ1) is 9.69. The molecular formula is C17H30N2S. The zero-order valence-electron chi connectivity index (χ0n) is 13.3. The Kier molecular flexibility index (Phi) is 6.53. The van der Waals surface area contributed by atoms with Crippen molar-refractivity contribution in [2.45, 2.75) is 59.0 Å². The first-order valence-electron chi connectivity index (χ1n) is 8.21. The van der Waals surface area contributed by atoms with E-state index in [9.17, 15) is 0 Å². The van der Waals surface area contributed by atoms with Gasteiger partial charge in [0.25, 0.3) is 0 Å². The van der Waals surface area contributed by atoms with Crippen LogP contribution in [0.1, 0.15) is 49.8 Å². The van der Waals surface area contributed by atoms with Crippen molar-refractivity contribution < 1.29 is 0 Å². The van der Waals surface area contributed by atoms with Crippen molar-refractivity contribution in [3.8, 4) is 0 Å². The molecule has 0 saturated carbocycles. The maximum Gasteiger partial charge on any atom is 0.0331 e. The van der Waals surface area contributed by atoms with E-state index in [1.54, 1.807) is 0 Å². The van der Waals surface area contributed by atoms with E-state index in [0.717, 1.165) is 31.6 Å². The van der Waals surface area contributed by atoms with Crippen LogP contribution in [0, 0.1) is 5.92 Å². The molecule has 1 unspecified atom stereocenters. The second-order valence-electron chi connectivity index (χ2n) is 6.39. The van der Waals surface area contributed by atoms with Gasteiger partial charge in [0, 0.05) is 28.9 Å². The van der Waals surface area contributed by atoms with E-state index in [-0.39, 0.29) is 0 Å². The maximum atomic E-state index is 3.65. The summed E-state index contributed by atoms with van der Waals surface area (Å²) in [6.45, 7) is 11.5. The van der Waals surface area contributed by atoms with Crippen LogP contribution < -0.4 is 5.32 Å². The molecule has 0 amide bonds. The van der Waals surface area contributed by atoms with Gasteiger partial charge in [-0.25, -0.2) is 0 Å². The predicted molar refractivity (Wildman–Crippen MR) is 89.5 cm³/mol. The zero-order chi connectivity index (χ0) is 14.4. The smallest absolute Gasteiger partial charge is 0.0331 e. The number of nitrogens with zero attached hydrogens (tertiary/aromatic N) is 1. The van der Waals surface area contributed by atoms with Crippen LogP contribution in [0.25, 0.3) is 0 Å². The summed E-state index contributed by atoms with van der Waals surface area (Å²) in [5.74, 6) is 0.747. The average Bonchev–Trinajstić information content (AvgIpc) is 2.88. The van der Waals surface area contributed by atoms with Gasteiger partial charge in [-0.15, -0.1) is 11.3 Å². The molecule has 2 heterocycles. The largest absolute Gasteiger partial charge is 0.315 e. The second-order valence-corrected chi connectivity index (χ2v) is 7.65. The van der Waals surface area contributed by atoms with E-state index in [1.165, 1.54) is 42.0 Å². The Balaban J connectivity index is 1.85. The summed E-state index contributed by atoms with van der Waals surface area (Å²) in [6, 6.07) is 5.36. The lowest BCUT2D eigenvalue weighted by Crippen LogP contribution is -2.45. The van der Waals surface area contributed by atoms with Crippen LogP contribution in [0.3, 0.4) is 0 Å². The van der Waals surface area contributed by atoms with Crippen molar-refractivity contribution in [3.05, 3.63) is 21.9 Å². The van der Waals surface area contributed by atoms with Crippen LogP contribution in [-0.2, 0) is 13.0 Å². The fourth-order valence-electron chi connectivity index (χ4n) is 2.94. The summed E-state index contributed by atoms with van der Waals surface area (Å²) >= 11 is 2.00. The third-order valence-corrected chi connectivity index (χ3v) is 5.32. The Morgan fingerprint density at radius 1 is 1.30 bits per heavy atom. The molecule has 0 bridgehead atoms. The number of rotatable bonds is 7. The van der Waals surface area contributed by atoms with Crippen molar-refractivity contribution in [3.63, 3.8) is 0 Å². The molecule has 1 fully saturated rings. The fraction of sp³-hybridized carbons (Fsp3) is 0.765. The first kappa shape index (κ1) is 16.0. The van der Waals surface area contributed by atoms with Gasteiger partial charge in [0.05, 0.1) is 0 Å². The van der Waals surface area contributed by atoms with E-state index in [1.807, 2.05) is 11.3 Å². The summed E-state index contributed by atoms with van der Waals surface area (Å²) in [4.78, 5) is 5.76. The molecule has 1 aromatic rings. The van der Waals surface area contributed by atoms with E-state index in [0.29, 0.717) is 0 Å². The van der Waals surface area contributed by atoms with E-state index in [4.69, 9.17) is 0 Å². The van der Waals surface area contributed by atoms with Crippen molar-refractivity contribution in [1.82, 2.24) is 10.2 Å². The van der Waals surface area contributed by atoms with Crippen molar-refractivity contribution in [2.75, 3.05) is 19.6 Å². The molecule has 2 nitrogen and oxygen atoms in total. The molecule has 1 saturated heterocycles. The Hall–Kier alpha value is -0.380. The second kappa shape index (κ2) is 8.16. The number of nitrogens with one attached hydrogen (secondary N) is 1. The molecule has 0 aromatic carbocycles. The van der Waals surface area contributed by atoms with Crippen LogP contribution in [0.2, 0.25) is 0 Å². The summed E-state index contributed by atoms with van der Waals surface area (Å²) in [5, 5.41) is 3.65. The summed E-state index contributed by atoms with van der Waals surface area (Å²) in [7, 11) is 0. The number of aryl methyl sites for hydroxylation is 1. The molecule has 20 heavy (non-hydrogen) atoms. The lowest BCUT2D eigenvalue weighted by atomic mass is 10.0. The molecule has 3 heteroatoms. The number of hydrogen-bond acceptors (Lipinski definition) is 3. The molecule has 1 N–H and O–H groups in total. The molecule has 1 aliphatic heterocycles. The minimum atomic E-state index is 0.731. The lowest BCUT2D eigenvalue weighted by molar-refractivity contribution is 0.138. The molecule has 1 atom stereocenters. The van der Waals surface area contributed by atoms with Crippen molar-refractivity contribution in [1.29, 1.82) is 0 Å². The molecule has 0 radical (unpaired) electrons. The summed E-state index contributed by atoms with van der Waals surface area (Å²) in [6.07, 6.45) is 5.29. The van der Waals surface area contributed by atoms with Crippen LogP contribution in [0.4, 0.5) is 0 Å². The fourth-order valence-corrected chi connectivity index (χ4v) is 3.92. The molecule has 0 aliphatic carbocycles. The average molecular weight is 295 g/mol. The minimum absolute atomic E-state index is 0.731. The quantitative estimate of drug-likeness (QED) is 0.820. The number of likely N-dealkylation sites (tertiary alicyclic amines) is 1. The minimum Gasteiger partial charge on any atom is -0.315 e. The maximum absolute atomic E-state index is 3.65. The van der Waals surface area contributed by atoms with Gasteiger partial charge in [-0.1, -0.05) is 27.2 Å². The SMILES string of the molecule is CCc1ccc(CN2CCCCC2CNCC(C)C)s1. The van der Waals surface area contributed by atoms with Crippen LogP contribution in [0.5, 0.6) is 0 Å². The van der Waals surface area contributed by atoms with Gasteiger partial charge >= 0.3 is 0 Å². The Bertz CT molecular complexity index is 386. The van der Waals surface area contributed by atoms with Gasteiger partial charge < -0.3 is 5.32 Å². The van der Waals surface area contributed by atoms with Crippen LogP contribution in [-0.4, -0.2) is 30.6 Å². The molecule has 1 aliphatic rings. The van der Waals surface area contributed by atoms with Gasteiger partial charge in [0.15, 0.2) is 0 Å². The highest BCUT2D eigenvalue weighted by Gasteiger charge is 2.22. The first-order valence-corrected chi connectivity index (χ1v) is 9.03. The number of piperidine rings is 1. The van der Waals surface area contributed by atoms with E-state index in [2.05, 4.69) is 43.1 Å². The molecule has 114 valence electrons. The Labute approximate surface area is 128 Å². The standard InChI is InChI=1S/C17H30N2S/c1-4-16-8-9-17(20-16)13-19-10-6-5-7-15(19)12-18-11-14(2)3/h8-9,14-15,18H,4-7,10-13H2,1-3H3. The number of thiophene rings is 1. The predicted octanol–water partition coefficient (Wildman–Crippen LogP) is 3.91. The summed E-state index contributed by atoms with van der Waals surface area (Å²) in [5.41, 5.74) is 0. The topological polar surface area (TPSA) is 15.3 Å². The highest BCUT2D eigenvalue weighted by Crippen LogP contribution is 2.23. The zero-order valence-corrected chi connectivity index (χ0v) is 14.1. The van der Waals surface area contributed by atoms with E-state index >= 15 is 0 Å². The Morgan fingerprint density at radius 2 is 2.10 bits per heavy atom. The van der Waals surface area contributed by atoms with Gasteiger partial charge in [0.2, 0.25) is 0 Å².